The van der Waals surface area contributed by atoms with Gasteiger partial charge in [-0.2, -0.15) is 0 Å². The Morgan fingerprint density at radius 3 is 2.74 bits per heavy atom. The average Bonchev–Trinajstić information content (AvgIpc) is 2.97. The number of hydrogen-bond donors (Lipinski definition) is 1. The van der Waals surface area contributed by atoms with Crippen molar-refractivity contribution in [3.05, 3.63) is 58.5 Å². The van der Waals surface area contributed by atoms with E-state index in [2.05, 4.69) is 21.4 Å². The Morgan fingerprint density at radius 2 is 1.95 bits per heavy atom. The number of benzene rings is 1. The highest BCUT2D eigenvalue weighted by Crippen LogP contribution is 2.20. The zero-order valence-corrected chi connectivity index (χ0v) is 11.2. The van der Waals surface area contributed by atoms with Crippen LogP contribution in [0.15, 0.2) is 48.0 Å². The van der Waals surface area contributed by atoms with Gasteiger partial charge in [0.15, 0.2) is 0 Å². The predicted molar refractivity (Wildman–Crippen MR) is 77.1 cm³/mol. The summed E-state index contributed by atoms with van der Waals surface area (Å²) in [5.74, 6) is 0. The van der Waals surface area contributed by atoms with Crippen molar-refractivity contribution < 1.29 is 5.11 Å². The van der Waals surface area contributed by atoms with Gasteiger partial charge in [-0.25, -0.2) is 4.98 Å². The fourth-order valence-corrected chi connectivity index (χ4v) is 2.74. The third-order valence-corrected chi connectivity index (χ3v) is 3.99. The summed E-state index contributed by atoms with van der Waals surface area (Å²) in [6.45, 7) is 0. The molecular weight excluding hydrogens is 256 g/mol. The maximum Gasteiger partial charge on any atom is 0.0979 e. The largest absolute Gasteiger partial charge is 0.387 e. The van der Waals surface area contributed by atoms with E-state index in [0.29, 0.717) is 12.1 Å². The third kappa shape index (κ3) is 2.80. The number of aliphatic hydroxyl groups is 1. The van der Waals surface area contributed by atoms with E-state index in [1.54, 1.807) is 17.5 Å². The fourth-order valence-electron chi connectivity index (χ4n) is 2.01. The van der Waals surface area contributed by atoms with Gasteiger partial charge in [0.1, 0.15) is 0 Å². The smallest absolute Gasteiger partial charge is 0.0979 e. The number of hydrogen-bond acceptors (Lipinski definition) is 4. The highest BCUT2D eigenvalue weighted by Gasteiger charge is 2.11. The van der Waals surface area contributed by atoms with Crippen LogP contribution < -0.4 is 0 Å². The molecule has 19 heavy (non-hydrogen) atoms. The van der Waals surface area contributed by atoms with Crippen molar-refractivity contribution in [2.75, 3.05) is 0 Å². The molecule has 0 saturated heterocycles. The van der Waals surface area contributed by atoms with Gasteiger partial charge in [0.05, 0.1) is 29.0 Å². The number of aliphatic hydroxyl groups excluding tert-OH is 1. The first-order valence-corrected chi connectivity index (χ1v) is 7.13. The molecule has 3 rings (SSSR count). The lowest BCUT2D eigenvalue weighted by atomic mass is 10.1. The molecule has 0 aliphatic heterocycles. The molecule has 0 radical (unpaired) electrons. The zero-order chi connectivity index (χ0) is 13.1. The van der Waals surface area contributed by atoms with Crippen LogP contribution >= 0.6 is 11.3 Å². The van der Waals surface area contributed by atoms with Crippen LogP contribution in [0.3, 0.4) is 0 Å². The summed E-state index contributed by atoms with van der Waals surface area (Å²) < 4.78 is 0. The van der Waals surface area contributed by atoms with E-state index in [1.807, 2.05) is 30.3 Å². The Hall–Kier alpha value is -1.78. The summed E-state index contributed by atoms with van der Waals surface area (Å²) >= 11 is 1.72. The number of nitrogens with zero attached hydrogens (tertiary/aromatic N) is 2. The lowest BCUT2D eigenvalue weighted by Crippen LogP contribution is -2.03. The Kier molecular flexibility index (Phi) is 3.53. The second-order valence-electron chi connectivity index (χ2n) is 4.42. The Balaban J connectivity index is 1.75. The van der Waals surface area contributed by atoms with E-state index in [0.717, 1.165) is 17.5 Å². The molecule has 1 aromatic carbocycles. The lowest BCUT2D eigenvalue weighted by Gasteiger charge is -2.09. The molecule has 2 heterocycles. The molecule has 4 heteroatoms. The van der Waals surface area contributed by atoms with Crippen molar-refractivity contribution in [1.82, 2.24) is 9.97 Å². The van der Waals surface area contributed by atoms with Gasteiger partial charge in [0.2, 0.25) is 0 Å². The summed E-state index contributed by atoms with van der Waals surface area (Å²) in [5.41, 5.74) is 2.34. The van der Waals surface area contributed by atoms with Gasteiger partial charge in [0.25, 0.3) is 0 Å². The molecule has 0 amide bonds. The van der Waals surface area contributed by atoms with Crippen LogP contribution in [-0.4, -0.2) is 15.1 Å². The molecule has 1 atom stereocenters. The summed E-state index contributed by atoms with van der Waals surface area (Å²) in [6.07, 6.45) is 2.65. The molecule has 3 nitrogen and oxygen atoms in total. The number of rotatable bonds is 4. The zero-order valence-electron chi connectivity index (χ0n) is 10.4. The first-order chi connectivity index (χ1) is 9.33. The number of aryl methyl sites for hydroxylation is 1. The second-order valence-corrected chi connectivity index (χ2v) is 5.45. The molecule has 1 N–H and O–H groups in total. The predicted octanol–water partition coefficient (Wildman–Crippen LogP) is 3.36. The number of para-hydroxylation sites is 2. The van der Waals surface area contributed by atoms with Crippen LogP contribution in [0, 0.1) is 0 Å². The number of thiophene rings is 1. The van der Waals surface area contributed by atoms with Crippen molar-refractivity contribution in [2.45, 2.75) is 18.9 Å². The molecule has 0 saturated carbocycles. The topological polar surface area (TPSA) is 46.0 Å². The maximum absolute atomic E-state index is 10.2. The molecule has 0 aliphatic rings. The average molecular weight is 270 g/mol. The van der Waals surface area contributed by atoms with Crippen LogP contribution in [0.5, 0.6) is 0 Å². The minimum absolute atomic E-state index is 0.556. The van der Waals surface area contributed by atoms with Crippen LogP contribution in [0.25, 0.3) is 11.0 Å². The second kappa shape index (κ2) is 5.47. The van der Waals surface area contributed by atoms with Gasteiger partial charge in [0, 0.05) is 4.88 Å². The fraction of sp³-hybridized carbons (Fsp3) is 0.200. The van der Waals surface area contributed by atoms with Crippen molar-refractivity contribution in [1.29, 1.82) is 0 Å². The van der Waals surface area contributed by atoms with Crippen molar-refractivity contribution in [2.24, 2.45) is 0 Å². The quantitative estimate of drug-likeness (QED) is 0.790. The van der Waals surface area contributed by atoms with E-state index < -0.39 is 6.10 Å². The van der Waals surface area contributed by atoms with Gasteiger partial charge in [-0.3, -0.25) is 4.98 Å². The molecule has 2 aromatic heterocycles. The molecule has 0 fully saturated rings. The van der Waals surface area contributed by atoms with Gasteiger partial charge in [-0.1, -0.05) is 18.2 Å². The van der Waals surface area contributed by atoms with Gasteiger partial charge in [-0.15, -0.1) is 11.3 Å². The first-order valence-electron chi connectivity index (χ1n) is 6.25. The van der Waals surface area contributed by atoms with Crippen LogP contribution in [0.2, 0.25) is 0 Å². The standard InChI is InChI=1S/C15H14N2OS/c18-15(8-7-11-4-3-9-19-11)14-10-16-12-5-1-2-6-13(12)17-14/h1-6,9-10,15,18H,7-8H2. The van der Waals surface area contributed by atoms with Crippen LogP contribution in [-0.2, 0) is 6.42 Å². The third-order valence-electron chi connectivity index (χ3n) is 3.05. The van der Waals surface area contributed by atoms with Crippen LogP contribution in [0.1, 0.15) is 23.1 Å². The Morgan fingerprint density at radius 1 is 1.11 bits per heavy atom. The molecule has 1 unspecified atom stereocenters. The lowest BCUT2D eigenvalue weighted by molar-refractivity contribution is 0.163. The van der Waals surface area contributed by atoms with Gasteiger partial charge < -0.3 is 5.11 Å². The number of fused-ring (bicyclic) bond motifs is 1. The van der Waals surface area contributed by atoms with E-state index in [4.69, 9.17) is 0 Å². The maximum atomic E-state index is 10.2. The molecule has 96 valence electrons. The summed E-state index contributed by atoms with van der Waals surface area (Å²) in [4.78, 5) is 10.1. The SMILES string of the molecule is OC(CCc1cccs1)c1cnc2ccccc2n1. The minimum Gasteiger partial charge on any atom is -0.387 e. The number of aromatic nitrogens is 2. The molecule has 3 aromatic rings. The van der Waals surface area contributed by atoms with E-state index in [1.165, 1.54) is 4.88 Å². The highest BCUT2D eigenvalue weighted by molar-refractivity contribution is 7.09. The minimum atomic E-state index is -0.556. The Bertz CT molecular complexity index is 667. The summed E-state index contributed by atoms with van der Waals surface area (Å²) in [7, 11) is 0. The monoisotopic (exact) mass is 270 g/mol. The van der Waals surface area contributed by atoms with E-state index in [9.17, 15) is 5.11 Å². The van der Waals surface area contributed by atoms with E-state index in [-0.39, 0.29) is 0 Å². The normalized spacial score (nSPS) is 12.7. The van der Waals surface area contributed by atoms with Crippen molar-refractivity contribution >= 4 is 22.4 Å². The molecule has 0 spiro atoms. The van der Waals surface area contributed by atoms with Crippen LogP contribution in [0.4, 0.5) is 0 Å². The van der Waals surface area contributed by atoms with Gasteiger partial charge >= 0.3 is 0 Å². The summed E-state index contributed by atoms with van der Waals surface area (Å²) in [6, 6.07) is 11.8. The molecule has 0 aliphatic carbocycles. The molecular formula is C15H14N2OS. The Labute approximate surface area is 115 Å². The van der Waals surface area contributed by atoms with Crippen molar-refractivity contribution in [3.8, 4) is 0 Å². The van der Waals surface area contributed by atoms with Gasteiger partial charge in [-0.05, 0) is 36.4 Å². The summed E-state index contributed by atoms with van der Waals surface area (Å²) in [5, 5.41) is 12.2. The van der Waals surface area contributed by atoms with E-state index >= 15 is 0 Å². The van der Waals surface area contributed by atoms with Crippen molar-refractivity contribution in [3.63, 3.8) is 0 Å². The highest BCUT2D eigenvalue weighted by atomic mass is 32.1. The molecule has 0 bridgehead atoms. The first kappa shape index (κ1) is 12.3.